The summed E-state index contributed by atoms with van der Waals surface area (Å²) in [6.45, 7) is 7.08. The van der Waals surface area contributed by atoms with E-state index < -0.39 is 44.6 Å². The molecule has 1 aromatic heterocycles. The van der Waals surface area contributed by atoms with Gasteiger partial charge < -0.3 is 15.2 Å². The first-order chi connectivity index (χ1) is 13.0. The van der Waals surface area contributed by atoms with Gasteiger partial charge in [-0.1, -0.05) is 12.0 Å². The average molecular weight is 421 g/mol. The van der Waals surface area contributed by atoms with Crippen LogP contribution in [0.1, 0.15) is 47.3 Å². The van der Waals surface area contributed by atoms with Crippen molar-refractivity contribution in [3.8, 4) is 0 Å². The van der Waals surface area contributed by atoms with Crippen LogP contribution in [-0.4, -0.2) is 40.1 Å². The van der Waals surface area contributed by atoms with Crippen LogP contribution in [0, 0.1) is 0 Å². The molecule has 0 spiro atoms. The molecule has 0 aliphatic carbocycles. The molecular weight excluding hydrogens is 394 g/mol. The zero-order valence-electron chi connectivity index (χ0n) is 16.5. The fourth-order valence-corrected chi connectivity index (χ4v) is 2.83. The Kier molecular flexibility index (Phi) is 9.09. The van der Waals surface area contributed by atoms with Crippen LogP contribution in [0.5, 0.6) is 0 Å². The van der Waals surface area contributed by atoms with Crippen molar-refractivity contribution in [1.29, 1.82) is 0 Å². The highest BCUT2D eigenvalue weighted by molar-refractivity contribution is 7.36. The summed E-state index contributed by atoms with van der Waals surface area (Å²) in [6, 6.07) is 0.475. The van der Waals surface area contributed by atoms with Gasteiger partial charge in [0.2, 0.25) is 5.85 Å². The van der Waals surface area contributed by atoms with Gasteiger partial charge in [-0.15, -0.1) is 4.52 Å². The molecule has 1 aromatic rings. The second-order valence-electron chi connectivity index (χ2n) is 6.36. The molecule has 0 fully saturated rings. The lowest BCUT2D eigenvalue weighted by atomic mass is 10.2. The van der Waals surface area contributed by atoms with Gasteiger partial charge in [0.25, 0.3) is 0 Å². The third-order valence-electron chi connectivity index (χ3n) is 3.55. The molecule has 0 bridgehead atoms. The second-order valence-corrected chi connectivity index (χ2v) is 7.39. The highest BCUT2D eigenvalue weighted by atomic mass is 31.1. The zero-order chi connectivity index (χ0) is 21.5. The first-order valence-corrected chi connectivity index (χ1v) is 9.93. The highest BCUT2D eigenvalue weighted by Crippen LogP contribution is 2.29. The number of nitrogens with one attached hydrogen (secondary N) is 1. The summed E-state index contributed by atoms with van der Waals surface area (Å²) < 4.78 is 43.2. The maximum Gasteiger partial charge on any atom is 0.614 e. The molecule has 10 nitrogen and oxygen atoms in total. The maximum absolute atomic E-state index is 14.9. The van der Waals surface area contributed by atoms with E-state index in [0.29, 0.717) is 0 Å². The number of carbonyl (C=O) groups excluding carboxylic acids is 1. The van der Waals surface area contributed by atoms with Crippen LogP contribution < -0.4 is 16.5 Å². The second kappa shape index (κ2) is 10.6. The van der Waals surface area contributed by atoms with Gasteiger partial charge in [0.1, 0.15) is 18.1 Å². The molecule has 12 heteroatoms. The fourth-order valence-electron chi connectivity index (χ4n) is 2.02. The minimum atomic E-state index is -2.56. The van der Waals surface area contributed by atoms with Crippen LogP contribution in [0.15, 0.2) is 17.1 Å². The third kappa shape index (κ3) is 7.59. The number of ether oxygens (including phenoxy) is 2. The molecule has 0 saturated heterocycles. The van der Waals surface area contributed by atoms with Gasteiger partial charge in [0.15, 0.2) is 6.61 Å². The van der Waals surface area contributed by atoms with E-state index in [0.717, 1.165) is 4.57 Å². The first kappa shape index (κ1) is 24.1. The number of hydrogen-bond acceptors (Lipinski definition) is 8. The lowest BCUT2D eigenvalue weighted by molar-refractivity contribution is -0.213. The Balaban J connectivity index is 2.65. The van der Waals surface area contributed by atoms with E-state index in [1.165, 1.54) is 33.0 Å². The number of rotatable bonds is 11. The summed E-state index contributed by atoms with van der Waals surface area (Å²) in [6.07, 6.45) is -0.144. The monoisotopic (exact) mass is 421 g/mol. The Morgan fingerprint density at radius 1 is 1.43 bits per heavy atom. The highest BCUT2D eigenvalue weighted by Gasteiger charge is 2.37. The lowest BCUT2D eigenvalue weighted by Crippen LogP contribution is -2.38. The van der Waals surface area contributed by atoms with Crippen molar-refractivity contribution in [3.63, 3.8) is 0 Å². The van der Waals surface area contributed by atoms with Crippen LogP contribution in [0.4, 0.5) is 10.2 Å². The number of halogens is 1. The molecule has 1 unspecified atom stereocenters. The lowest BCUT2D eigenvalue weighted by Gasteiger charge is -2.26. The minimum absolute atomic E-state index is 0.0342. The largest absolute Gasteiger partial charge is 0.614 e. The Labute approximate surface area is 163 Å². The summed E-state index contributed by atoms with van der Waals surface area (Å²) >= 11 is 0. The van der Waals surface area contributed by atoms with Gasteiger partial charge in [-0.2, -0.15) is 4.98 Å². The molecule has 0 aromatic carbocycles. The predicted molar refractivity (Wildman–Crippen MR) is 100 cm³/mol. The standard InChI is InChI=1S/C16H26FN4O6P/c1-6-16(17,27-12(5)21-8-7-13(18)19-15(21)23)9-25-28(24)20-11(4)14(22)26-10(2)3/h7-8,10-12H,6,9H2,1-5H3,(H2-,18,19,20,23,24)/p+1/t11-,12+,16-/m0/s1. The molecule has 4 atom stereocenters. The number of carbonyl (C=O) groups is 1. The van der Waals surface area contributed by atoms with E-state index in [9.17, 15) is 18.5 Å². The number of alkyl halides is 1. The molecule has 1 rings (SSSR count). The summed E-state index contributed by atoms with van der Waals surface area (Å²) in [5.41, 5.74) is 4.72. The van der Waals surface area contributed by atoms with Gasteiger partial charge in [0, 0.05) is 12.6 Å². The van der Waals surface area contributed by atoms with E-state index in [2.05, 4.69) is 10.1 Å². The van der Waals surface area contributed by atoms with Crippen molar-refractivity contribution in [2.24, 2.45) is 0 Å². The molecule has 0 saturated carbocycles. The number of esters is 1. The molecular formula is C16H27FN4O6P+. The summed E-state index contributed by atoms with van der Waals surface area (Å²) in [4.78, 5) is 27.1. The Morgan fingerprint density at radius 2 is 2.07 bits per heavy atom. The number of anilines is 1. The molecule has 0 amide bonds. The van der Waals surface area contributed by atoms with Crippen molar-refractivity contribution in [2.45, 2.75) is 65.3 Å². The molecule has 1 heterocycles. The number of hydrogen-bond donors (Lipinski definition) is 2. The molecule has 158 valence electrons. The summed E-state index contributed by atoms with van der Waals surface area (Å²) in [5, 5.41) is 2.39. The zero-order valence-corrected chi connectivity index (χ0v) is 17.4. The van der Waals surface area contributed by atoms with Gasteiger partial charge in [-0.25, -0.2) is 9.18 Å². The van der Waals surface area contributed by atoms with E-state index in [4.69, 9.17) is 19.7 Å². The average Bonchev–Trinajstić information content (AvgIpc) is 2.59. The smallest absolute Gasteiger partial charge is 0.462 e. The van der Waals surface area contributed by atoms with Crippen molar-refractivity contribution in [3.05, 3.63) is 22.7 Å². The van der Waals surface area contributed by atoms with Crippen LogP contribution in [0.2, 0.25) is 0 Å². The normalized spacial score (nSPS) is 16.3. The third-order valence-corrected chi connectivity index (χ3v) is 4.52. The van der Waals surface area contributed by atoms with E-state index in [-0.39, 0.29) is 18.3 Å². The number of aromatic nitrogens is 2. The summed E-state index contributed by atoms with van der Waals surface area (Å²) in [5.74, 6) is -2.90. The summed E-state index contributed by atoms with van der Waals surface area (Å²) in [7, 11) is -2.56. The van der Waals surface area contributed by atoms with Gasteiger partial charge in [0.05, 0.1) is 6.10 Å². The Bertz CT molecular complexity index is 746. The van der Waals surface area contributed by atoms with Gasteiger partial charge in [-0.05, 0) is 38.3 Å². The SMILES string of the molecule is CC[C@@](F)(CO[P+](=O)N[C@@H](C)C(=O)OC(C)C)O[C@H](C)n1ccc(N)nc1=O. The van der Waals surface area contributed by atoms with Crippen LogP contribution >= 0.6 is 8.18 Å². The molecule has 0 radical (unpaired) electrons. The molecule has 0 aliphatic heterocycles. The van der Waals surface area contributed by atoms with Crippen molar-refractivity contribution < 1.29 is 27.7 Å². The molecule has 3 N–H and O–H groups in total. The molecule has 0 aliphatic rings. The van der Waals surface area contributed by atoms with E-state index >= 15 is 0 Å². The molecule has 28 heavy (non-hydrogen) atoms. The van der Waals surface area contributed by atoms with Crippen molar-refractivity contribution >= 4 is 20.0 Å². The number of nitrogens with two attached hydrogens (primary N) is 1. The van der Waals surface area contributed by atoms with Crippen LogP contribution in [-0.2, 0) is 23.4 Å². The van der Waals surface area contributed by atoms with E-state index in [1.807, 2.05) is 0 Å². The van der Waals surface area contributed by atoms with Crippen LogP contribution in [0.25, 0.3) is 0 Å². The van der Waals surface area contributed by atoms with Gasteiger partial charge in [-0.3, -0.25) is 9.36 Å². The Hall–Kier alpha value is -1.94. The quantitative estimate of drug-likeness (QED) is 0.406. The van der Waals surface area contributed by atoms with Gasteiger partial charge >= 0.3 is 19.8 Å². The fraction of sp³-hybridized carbons (Fsp3) is 0.688. The minimum Gasteiger partial charge on any atom is -0.462 e. The maximum atomic E-state index is 14.9. The van der Waals surface area contributed by atoms with E-state index in [1.54, 1.807) is 13.8 Å². The van der Waals surface area contributed by atoms with Crippen LogP contribution in [0.3, 0.4) is 0 Å². The number of nitrogen functional groups attached to an aromatic ring is 1. The topological polar surface area (TPSA) is 135 Å². The first-order valence-electron chi connectivity index (χ1n) is 8.75. The predicted octanol–water partition coefficient (Wildman–Crippen LogP) is 2.04. The van der Waals surface area contributed by atoms with Crippen molar-refractivity contribution in [1.82, 2.24) is 14.6 Å². The van der Waals surface area contributed by atoms with Crippen molar-refractivity contribution in [2.75, 3.05) is 12.3 Å². The Morgan fingerprint density at radius 3 is 2.61 bits per heavy atom. The number of nitrogens with zero attached hydrogens (tertiary/aromatic N) is 2.